The number of hydrogen-bond acceptors (Lipinski definition) is 4. The molecule has 0 amide bonds. The van der Waals surface area contributed by atoms with Crippen LogP contribution >= 0.6 is 24.0 Å². The topological polar surface area (TPSA) is 72.4 Å². The van der Waals surface area contributed by atoms with Crippen molar-refractivity contribution in [3.05, 3.63) is 38.9 Å². The molecule has 1 aromatic carbocycles. The molecule has 2 N–H and O–H groups in total. The SMILES string of the molecule is CC(N)C1CCN(Cc2ccc([N+](=O)[O-])cc2Cl)C1.Cl. The lowest BCUT2D eigenvalue weighted by Gasteiger charge is -2.18. The van der Waals surface area contributed by atoms with Crippen molar-refractivity contribution in [2.24, 2.45) is 11.7 Å². The summed E-state index contributed by atoms with van der Waals surface area (Å²) in [5, 5.41) is 11.1. The Morgan fingerprint density at radius 2 is 2.30 bits per heavy atom. The minimum Gasteiger partial charge on any atom is -0.328 e. The van der Waals surface area contributed by atoms with Crippen LogP contribution < -0.4 is 5.73 Å². The molecule has 0 aliphatic carbocycles. The summed E-state index contributed by atoms with van der Waals surface area (Å²) in [6.45, 7) is 4.72. The minimum atomic E-state index is -0.433. The van der Waals surface area contributed by atoms with Gasteiger partial charge in [0.15, 0.2) is 0 Å². The Morgan fingerprint density at radius 3 is 2.80 bits per heavy atom. The van der Waals surface area contributed by atoms with Gasteiger partial charge in [-0.15, -0.1) is 12.4 Å². The first-order chi connectivity index (χ1) is 8.97. The molecule has 0 radical (unpaired) electrons. The van der Waals surface area contributed by atoms with Crippen molar-refractivity contribution in [3.8, 4) is 0 Å². The third-order valence-electron chi connectivity index (χ3n) is 3.69. The first-order valence-corrected chi connectivity index (χ1v) is 6.76. The van der Waals surface area contributed by atoms with E-state index in [1.165, 1.54) is 12.1 Å². The van der Waals surface area contributed by atoms with Crippen LogP contribution in [0.4, 0.5) is 5.69 Å². The minimum absolute atomic E-state index is 0. The van der Waals surface area contributed by atoms with Crippen LogP contribution in [-0.2, 0) is 6.54 Å². The molecule has 1 aliphatic heterocycles. The standard InChI is InChI=1S/C13H18ClN3O2.ClH/c1-9(15)10-4-5-16(7-10)8-11-2-3-12(17(18)19)6-13(11)14;/h2-3,6,9-10H,4-5,7-8,15H2,1H3;1H. The molecular weight excluding hydrogens is 301 g/mol. The fourth-order valence-electron chi connectivity index (χ4n) is 2.45. The van der Waals surface area contributed by atoms with Gasteiger partial charge in [0, 0.05) is 31.3 Å². The number of nitrogens with two attached hydrogens (primary N) is 1. The highest BCUT2D eigenvalue weighted by molar-refractivity contribution is 6.31. The smallest absolute Gasteiger partial charge is 0.270 e. The van der Waals surface area contributed by atoms with E-state index in [0.717, 1.165) is 31.6 Å². The molecule has 20 heavy (non-hydrogen) atoms. The number of nitro benzene ring substituents is 1. The van der Waals surface area contributed by atoms with Crippen molar-refractivity contribution < 1.29 is 4.92 Å². The molecular formula is C13H19Cl2N3O2. The molecule has 2 rings (SSSR count). The monoisotopic (exact) mass is 319 g/mol. The van der Waals surface area contributed by atoms with E-state index >= 15 is 0 Å². The van der Waals surface area contributed by atoms with Crippen molar-refractivity contribution in [2.45, 2.75) is 25.9 Å². The summed E-state index contributed by atoms with van der Waals surface area (Å²) < 4.78 is 0. The molecule has 0 saturated carbocycles. The highest BCUT2D eigenvalue weighted by Gasteiger charge is 2.25. The van der Waals surface area contributed by atoms with Gasteiger partial charge in [0.2, 0.25) is 0 Å². The first kappa shape index (κ1) is 17.2. The Kier molecular flexibility index (Phi) is 6.20. The maximum atomic E-state index is 10.6. The molecule has 0 bridgehead atoms. The summed E-state index contributed by atoms with van der Waals surface area (Å²) in [5.41, 5.74) is 6.87. The highest BCUT2D eigenvalue weighted by atomic mass is 35.5. The molecule has 0 spiro atoms. The number of hydrogen-bond donors (Lipinski definition) is 1. The summed E-state index contributed by atoms with van der Waals surface area (Å²) in [5.74, 6) is 0.525. The van der Waals surface area contributed by atoms with Gasteiger partial charge in [-0.2, -0.15) is 0 Å². The van der Waals surface area contributed by atoms with Crippen LogP contribution in [0.1, 0.15) is 18.9 Å². The average Bonchev–Trinajstić information content (AvgIpc) is 2.80. The highest BCUT2D eigenvalue weighted by Crippen LogP contribution is 2.26. The van der Waals surface area contributed by atoms with E-state index in [1.807, 2.05) is 6.92 Å². The predicted octanol–water partition coefficient (Wildman–Crippen LogP) is 2.84. The maximum absolute atomic E-state index is 10.6. The number of rotatable bonds is 4. The number of nitrogens with zero attached hydrogens (tertiary/aromatic N) is 2. The number of non-ortho nitro benzene ring substituents is 1. The summed E-state index contributed by atoms with van der Waals surface area (Å²) in [6, 6.07) is 4.85. The van der Waals surface area contributed by atoms with E-state index in [9.17, 15) is 10.1 Å². The molecule has 1 fully saturated rings. The van der Waals surface area contributed by atoms with Crippen LogP contribution in [0.5, 0.6) is 0 Å². The van der Waals surface area contributed by atoms with Crippen molar-refractivity contribution in [1.82, 2.24) is 4.90 Å². The third-order valence-corrected chi connectivity index (χ3v) is 4.05. The van der Waals surface area contributed by atoms with Crippen molar-refractivity contribution in [1.29, 1.82) is 0 Å². The van der Waals surface area contributed by atoms with E-state index in [2.05, 4.69) is 4.90 Å². The van der Waals surface area contributed by atoms with E-state index < -0.39 is 4.92 Å². The number of nitro groups is 1. The molecule has 1 heterocycles. The Morgan fingerprint density at radius 1 is 1.60 bits per heavy atom. The normalized spacial score (nSPS) is 20.4. The maximum Gasteiger partial charge on any atom is 0.270 e. The molecule has 2 atom stereocenters. The van der Waals surface area contributed by atoms with Crippen LogP contribution in [0.15, 0.2) is 18.2 Å². The van der Waals surface area contributed by atoms with E-state index in [1.54, 1.807) is 6.07 Å². The summed E-state index contributed by atoms with van der Waals surface area (Å²) in [7, 11) is 0. The van der Waals surface area contributed by atoms with Crippen molar-refractivity contribution in [3.63, 3.8) is 0 Å². The fraction of sp³-hybridized carbons (Fsp3) is 0.538. The van der Waals surface area contributed by atoms with Gasteiger partial charge in [-0.05, 0) is 37.4 Å². The van der Waals surface area contributed by atoms with Crippen LogP contribution in [0.2, 0.25) is 5.02 Å². The van der Waals surface area contributed by atoms with E-state index in [-0.39, 0.29) is 24.1 Å². The van der Waals surface area contributed by atoms with Crippen LogP contribution in [0.25, 0.3) is 0 Å². The van der Waals surface area contributed by atoms with Gasteiger partial charge >= 0.3 is 0 Å². The molecule has 7 heteroatoms. The zero-order valence-corrected chi connectivity index (χ0v) is 12.9. The molecule has 1 saturated heterocycles. The third kappa shape index (κ3) is 4.06. The van der Waals surface area contributed by atoms with Gasteiger partial charge in [-0.3, -0.25) is 15.0 Å². The molecule has 5 nitrogen and oxygen atoms in total. The van der Waals surface area contributed by atoms with E-state index in [4.69, 9.17) is 17.3 Å². The van der Waals surface area contributed by atoms with Gasteiger partial charge in [0.05, 0.1) is 9.95 Å². The van der Waals surface area contributed by atoms with Crippen molar-refractivity contribution >= 4 is 29.7 Å². The molecule has 0 aromatic heterocycles. The van der Waals surface area contributed by atoms with Gasteiger partial charge in [-0.25, -0.2) is 0 Å². The molecule has 112 valence electrons. The second-order valence-electron chi connectivity index (χ2n) is 5.18. The predicted molar refractivity (Wildman–Crippen MR) is 82.4 cm³/mol. The van der Waals surface area contributed by atoms with Gasteiger partial charge in [0.25, 0.3) is 5.69 Å². The fourth-order valence-corrected chi connectivity index (χ4v) is 2.69. The zero-order valence-electron chi connectivity index (χ0n) is 11.3. The van der Waals surface area contributed by atoms with Crippen LogP contribution in [-0.4, -0.2) is 29.0 Å². The van der Waals surface area contributed by atoms with Crippen LogP contribution in [0, 0.1) is 16.0 Å². The zero-order chi connectivity index (χ0) is 14.0. The number of benzene rings is 1. The lowest BCUT2D eigenvalue weighted by atomic mass is 10.0. The van der Waals surface area contributed by atoms with Crippen molar-refractivity contribution in [2.75, 3.05) is 13.1 Å². The quantitative estimate of drug-likeness (QED) is 0.684. The average molecular weight is 320 g/mol. The summed E-state index contributed by atoms with van der Waals surface area (Å²) in [4.78, 5) is 12.5. The largest absolute Gasteiger partial charge is 0.328 e. The van der Waals surface area contributed by atoms with Gasteiger partial charge < -0.3 is 5.73 Å². The lowest BCUT2D eigenvalue weighted by molar-refractivity contribution is -0.384. The van der Waals surface area contributed by atoms with E-state index in [0.29, 0.717) is 10.9 Å². The Bertz CT molecular complexity index is 483. The number of likely N-dealkylation sites (tertiary alicyclic amines) is 1. The van der Waals surface area contributed by atoms with Gasteiger partial charge in [0.1, 0.15) is 0 Å². The summed E-state index contributed by atoms with van der Waals surface area (Å²) >= 11 is 6.10. The van der Waals surface area contributed by atoms with Gasteiger partial charge in [-0.1, -0.05) is 11.6 Å². The Balaban J connectivity index is 0.00000200. The first-order valence-electron chi connectivity index (χ1n) is 6.38. The molecule has 2 unspecified atom stereocenters. The molecule has 1 aromatic rings. The number of halogens is 2. The second kappa shape index (κ2) is 7.22. The second-order valence-corrected chi connectivity index (χ2v) is 5.58. The molecule has 1 aliphatic rings. The lowest BCUT2D eigenvalue weighted by Crippen LogP contribution is -2.29. The summed E-state index contributed by atoms with van der Waals surface area (Å²) in [6.07, 6.45) is 1.10. The van der Waals surface area contributed by atoms with Crippen LogP contribution in [0.3, 0.4) is 0 Å². The Labute approximate surface area is 129 Å². The Hall–Kier alpha value is -0.880.